The minimum Gasteiger partial charge on any atom is -0.369 e. The Morgan fingerprint density at radius 3 is 2.47 bits per heavy atom. The minimum absolute atomic E-state index is 0.0907. The summed E-state index contributed by atoms with van der Waals surface area (Å²) >= 11 is 0. The molecule has 0 aliphatic rings. The maximum atomic E-state index is 11.6. The number of nitrogens with one attached hydrogen (secondary N) is 1. The minimum atomic E-state index is -0.817. The Balaban J connectivity index is 2.44. The molecule has 0 unspecified atom stereocenters. The third-order valence-corrected chi connectivity index (χ3v) is 2.51. The van der Waals surface area contributed by atoms with Gasteiger partial charge in [0.2, 0.25) is 11.8 Å². The van der Waals surface area contributed by atoms with E-state index < -0.39 is 11.3 Å². The molecule has 1 heterocycles. The van der Waals surface area contributed by atoms with Crippen LogP contribution in [0.25, 0.3) is 0 Å². The van der Waals surface area contributed by atoms with E-state index in [2.05, 4.69) is 10.3 Å². The van der Waals surface area contributed by atoms with Gasteiger partial charge in [0.25, 0.3) is 0 Å². The molecule has 0 saturated heterocycles. The van der Waals surface area contributed by atoms with Gasteiger partial charge in [-0.25, -0.2) is 0 Å². The van der Waals surface area contributed by atoms with E-state index in [9.17, 15) is 9.59 Å². The molecule has 5 heteroatoms. The molecule has 0 saturated carbocycles. The predicted octanol–water partition coefficient (Wildman–Crippen LogP) is 0.599. The Labute approximate surface area is 100 Å². The number of hydrogen-bond acceptors (Lipinski definition) is 3. The van der Waals surface area contributed by atoms with E-state index in [-0.39, 0.29) is 12.3 Å². The molecule has 3 N–H and O–H groups in total. The SMILES string of the molecule is CC(C)(CC(=O)NCc1ccncc1)C(N)=O. The van der Waals surface area contributed by atoms with Crippen LogP contribution in [0.3, 0.4) is 0 Å². The van der Waals surface area contributed by atoms with Crippen molar-refractivity contribution >= 4 is 11.8 Å². The van der Waals surface area contributed by atoms with Crippen LogP contribution in [0.15, 0.2) is 24.5 Å². The molecule has 0 spiro atoms. The van der Waals surface area contributed by atoms with Crippen LogP contribution in [0.4, 0.5) is 0 Å². The number of carbonyl (C=O) groups excluding carboxylic acids is 2. The maximum Gasteiger partial charge on any atom is 0.223 e. The molecule has 92 valence electrons. The Kier molecular flexibility index (Phi) is 4.20. The summed E-state index contributed by atoms with van der Waals surface area (Å²) in [5, 5.41) is 2.74. The highest BCUT2D eigenvalue weighted by Gasteiger charge is 2.27. The highest BCUT2D eigenvalue weighted by Crippen LogP contribution is 2.18. The van der Waals surface area contributed by atoms with Gasteiger partial charge in [0.15, 0.2) is 0 Å². The van der Waals surface area contributed by atoms with E-state index in [0.717, 1.165) is 5.56 Å². The van der Waals surface area contributed by atoms with E-state index in [1.807, 2.05) is 12.1 Å². The van der Waals surface area contributed by atoms with Crippen molar-refractivity contribution in [3.63, 3.8) is 0 Å². The molecular formula is C12H17N3O2. The summed E-state index contributed by atoms with van der Waals surface area (Å²) in [5.41, 5.74) is 5.34. The van der Waals surface area contributed by atoms with Crippen molar-refractivity contribution in [2.45, 2.75) is 26.8 Å². The second-order valence-electron chi connectivity index (χ2n) is 4.56. The van der Waals surface area contributed by atoms with Crippen molar-refractivity contribution in [2.24, 2.45) is 11.1 Å². The first-order valence-corrected chi connectivity index (χ1v) is 5.37. The molecule has 1 rings (SSSR count). The van der Waals surface area contributed by atoms with E-state index in [1.165, 1.54) is 0 Å². The molecule has 0 aliphatic heterocycles. The number of rotatable bonds is 5. The Morgan fingerprint density at radius 1 is 1.35 bits per heavy atom. The van der Waals surface area contributed by atoms with Gasteiger partial charge < -0.3 is 11.1 Å². The van der Waals surface area contributed by atoms with Gasteiger partial charge in [-0.3, -0.25) is 14.6 Å². The van der Waals surface area contributed by atoms with Gasteiger partial charge in [-0.05, 0) is 17.7 Å². The monoisotopic (exact) mass is 235 g/mol. The zero-order chi connectivity index (χ0) is 12.9. The number of amides is 2. The smallest absolute Gasteiger partial charge is 0.223 e. The normalized spacial score (nSPS) is 10.9. The van der Waals surface area contributed by atoms with Crippen LogP contribution in [0.2, 0.25) is 0 Å². The van der Waals surface area contributed by atoms with Gasteiger partial charge in [0.05, 0.1) is 5.41 Å². The van der Waals surface area contributed by atoms with Crippen LogP contribution in [0.5, 0.6) is 0 Å². The summed E-state index contributed by atoms with van der Waals surface area (Å²) in [7, 11) is 0. The second-order valence-corrected chi connectivity index (χ2v) is 4.56. The van der Waals surface area contributed by atoms with Crippen molar-refractivity contribution < 1.29 is 9.59 Å². The van der Waals surface area contributed by atoms with Gasteiger partial charge in [0, 0.05) is 25.4 Å². The number of aromatic nitrogens is 1. The lowest BCUT2D eigenvalue weighted by atomic mass is 9.88. The first kappa shape index (κ1) is 13.2. The predicted molar refractivity (Wildman–Crippen MR) is 63.7 cm³/mol. The molecule has 5 nitrogen and oxygen atoms in total. The van der Waals surface area contributed by atoms with Gasteiger partial charge in [-0.15, -0.1) is 0 Å². The van der Waals surface area contributed by atoms with Crippen molar-refractivity contribution in [1.29, 1.82) is 0 Å². The summed E-state index contributed by atoms with van der Waals surface area (Å²) in [5.74, 6) is -0.665. The number of carbonyl (C=O) groups is 2. The zero-order valence-electron chi connectivity index (χ0n) is 10.1. The quantitative estimate of drug-likeness (QED) is 0.783. The zero-order valence-corrected chi connectivity index (χ0v) is 10.1. The second kappa shape index (κ2) is 5.43. The first-order chi connectivity index (χ1) is 7.92. The molecule has 17 heavy (non-hydrogen) atoms. The fourth-order valence-electron chi connectivity index (χ4n) is 1.25. The lowest BCUT2D eigenvalue weighted by Gasteiger charge is -2.19. The average molecular weight is 235 g/mol. The van der Waals surface area contributed by atoms with Crippen LogP contribution >= 0.6 is 0 Å². The molecule has 2 amide bonds. The fraction of sp³-hybridized carbons (Fsp3) is 0.417. The molecule has 1 aromatic heterocycles. The van der Waals surface area contributed by atoms with Crippen LogP contribution in [0, 0.1) is 5.41 Å². The van der Waals surface area contributed by atoms with Crippen molar-refractivity contribution in [1.82, 2.24) is 10.3 Å². The van der Waals surface area contributed by atoms with Gasteiger partial charge in [-0.1, -0.05) is 13.8 Å². The maximum absolute atomic E-state index is 11.6. The number of hydrogen-bond donors (Lipinski definition) is 2. The highest BCUT2D eigenvalue weighted by molar-refractivity contribution is 5.87. The van der Waals surface area contributed by atoms with Gasteiger partial charge >= 0.3 is 0 Å². The topological polar surface area (TPSA) is 85.1 Å². The standard InChI is InChI=1S/C12H17N3O2/c1-12(2,11(13)17)7-10(16)15-8-9-3-5-14-6-4-9/h3-6H,7-8H2,1-2H3,(H2,13,17)(H,15,16). The van der Waals surface area contributed by atoms with E-state index in [0.29, 0.717) is 6.54 Å². The van der Waals surface area contributed by atoms with Crippen LogP contribution in [-0.4, -0.2) is 16.8 Å². The average Bonchev–Trinajstić information content (AvgIpc) is 2.27. The molecular weight excluding hydrogens is 218 g/mol. The van der Waals surface area contributed by atoms with Gasteiger partial charge in [0.1, 0.15) is 0 Å². The summed E-state index contributed by atoms with van der Waals surface area (Å²) in [6, 6.07) is 3.64. The molecule has 0 atom stereocenters. The number of primary amides is 1. The molecule has 1 aromatic rings. The van der Waals surface area contributed by atoms with Crippen molar-refractivity contribution in [2.75, 3.05) is 0 Å². The van der Waals surface area contributed by atoms with Crippen molar-refractivity contribution in [3.05, 3.63) is 30.1 Å². The summed E-state index contributed by atoms with van der Waals surface area (Å²) in [6.45, 7) is 3.74. The summed E-state index contributed by atoms with van der Waals surface area (Å²) in [4.78, 5) is 26.5. The Hall–Kier alpha value is -1.91. The fourth-order valence-corrected chi connectivity index (χ4v) is 1.25. The number of nitrogens with zero attached hydrogens (tertiary/aromatic N) is 1. The molecule has 0 bridgehead atoms. The van der Waals surface area contributed by atoms with Crippen LogP contribution in [-0.2, 0) is 16.1 Å². The van der Waals surface area contributed by atoms with Crippen molar-refractivity contribution in [3.8, 4) is 0 Å². The van der Waals surface area contributed by atoms with E-state index >= 15 is 0 Å². The Bertz CT molecular complexity index is 401. The molecule has 0 fully saturated rings. The summed E-state index contributed by atoms with van der Waals surface area (Å²) < 4.78 is 0. The summed E-state index contributed by atoms with van der Waals surface area (Å²) in [6.07, 6.45) is 3.41. The number of pyridine rings is 1. The van der Waals surface area contributed by atoms with Gasteiger partial charge in [-0.2, -0.15) is 0 Å². The van der Waals surface area contributed by atoms with E-state index in [1.54, 1.807) is 26.2 Å². The lowest BCUT2D eigenvalue weighted by Crippen LogP contribution is -2.37. The highest BCUT2D eigenvalue weighted by atomic mass is 16.2. The number of nitrogens with two attached hydrogens (primary N) is 1. The first-order valence-electron chi connectivity index (χ1n) is 5.37. The molecule has 0 aromatic carbocycles. The van der Waals surface area contributed by atoms with Crippen LogP contribution in [0.1, 0.15) is 25.8 Å². The molecule has 0 aliphatic carbocycles. The molecule has 0 radical (unpaired) electrons. The lowest BCUT2D eigenvalue weighted by molar-refractivity contribution is -0.132. The van der Waals surface area contributed by atoms with E-state index in [4.69, 9.17) is 5.73 Å². The third kappa shape index (κ3) is 4.22. The van der Waals surface area contributed by atoms with Crippen LogP contribution < -0.4 is 11.1 Å². The largest absolute Gasteiger partial charge is 0.369 e. The third-order valence-electron chi connectivity index (χ3n) is 2.51. The Morgan fingerprint density at radius 2 is 1.94 bits per heavy atom.